The summed E-state index contributed by atoms with van der Waals surface area (Å²) in [5.74, 6) is 0. The van der Waals surface area contributed by atoms with Crippen LogP contribution in [0.15, 0.2) is 132 Å². The van der Waals surface area contributed by atoms with E-state index in [1.807, 2.05) is 0 Å². The minimum absolute atomic E-state index is 0.0780. The predicted octanol–water partition coefficient (Wildman–Crippen LogP) is 0.0766. The first-order valence-corrected chi connectivity index (χ1v) is 28.1. The number of hydrogen-bond acceptors (Lipinski definition) is 18. The molecule has 6 rings (SSSR count). The van der Waals surface area contributed by atoms with Gasteiger partial charge in [-0.1, -0.05) is 24.3 Å². The highest BCUT2D eigenvalue weighted by Gasteiger charge is 2.22. The van der Waals surface area contributed by atoms with Crippen LogP contribution in [0.2, 0.25) is 0 Å². The average molecular weight is 1120 g/mol. The number of benzene rings is 4. The number of aromatic nitrogens is 6. The van der Waals surface area contributed by atoms with Gasteiger partial charge in [0.2, 0.25) is 33.7 Å². The summed E-state index contributed by atoms with van der Waals surface area (Å²) in [5, 5.41) is 0. The fourth-order valence-electron chi connectivity index (χ4n) is 6.07. The Balaban J connectivity index is 1.44. The Morgan fingerprint density at radius 2 is 0.681 bits per heavy atom. The first-order chi connectivity index (χ1) is 33.3. The van der Waals surface area contributed by atoms with Crippen LogP contribution in [0.5, 0.6) is 0 Å². The van der Waals surface area contributed by atoms with E-state index in [2.05, 4.69) is 59.9 Å². The van der Waals surface area contributed by atoms with Gasteiger partial charge in [-0.15, -0.1) is 0 Å². The van der Waals surface area contributed by atoms with Gasteiger partial charge in [0.05, 0.1) is 32.5 Å². The molecule has 0 aliphatic carbocycles. The predicted molar refractivity (Wildman–Crippen MR) is 246 cm³/mol. The molecule has 0 saturated heterocycles. The summed E-state index contributed by atoms with van der Waals surface area (Å²) in [7, 11) is -30.0. The van der Waals surface area contributed by atoms with Crippen molar-refractivity contribution in [2.75, 3.05) is 13.1 Å². The number of nitrogens with zero attached hydrogens (tertiary/aromatic N) is 6. The SMILES string of the molecule is CCN=c1[nH]c(=Nc2ccc(C=Cc3ccc(N=c4[nH]c(=NCC)[nH]c(=Nc5cc(S(=O)(=O)O)ccc5S(=O)(=O)O)[nH]4)cc3S(=O)(=O)O)c(S(=O)(=O)O)c2)[nH]c(=Nc2cc(S(=O)(=O)O)ccc2S(=O)(=O)O)[nH]1. The van der Waals surface area contributed by atoms with Crippen molar-refractivity contribution in [1.29, 1.82) is 0 Å². The van der Waals surface area contributed by atoms with Crippen LogP contribution in [-0.4, -0.2) is 121 Å². The lowest BCUT2D eigenvalue weighted by molar-refractivity contribution is 0.478. The van der Waals surface area contributed by atoms with Gasteiger partial charge in [-0.2, -0.15) is 50.5 Å². The van der Waals surface area contributed by atoms with Crippen LogP contribution in [-0.2, 0) is 60.7 Å². The van der Waals surface area contributed by atoms with Crippen LogP contribution in [0.25, 0.3) is 12.2 Å². The van der Waals surface area contributed by atoms with Gasteiger partial charge >= 0.3 is 0 Å². The fourth-order valence-corrected chi connectivity index (χ4v) is 9.70. The summed E-state index contributed by atoms with van der Waals surface area (Å²) in [6, 6.07) is 10.6. The van der Waals surface area contributed by atoms with Gasteiger partial charge in [0.15, 0.2) is 0 Å². The second-order valence-electron chi connectivity index (χ2n) is 14.1. The minimum Gasteiger partial charge on any atom is -0.296 e. The lowest BCUT2D eigenvalue weighted by Crippen LogP contribution is -2.37. The molecule has 0 aliphatic heterocycles. The highest BCUT2D eigenvalue weighted by molar-refractivity contribution is 7.87. The monoisotopic (exact) mass is 1120 g/mol. The maximum atomic E-state index is 12.7. The average Bonchev–Trinajstić information content (AvgIpc) is 3.24. The second kappa shape index (κ2) is 20.6. The number of rotatable bonds is 14. The maximum Gasteiger partial charge on any atom is 0.296 e. The summed E-state index contributed by atoms with van der Waals surface area (Å²) in [5.41, 5.74) is -3.68. The number of hydrogen-bond donors (Lipinski definition) is 12. The van der Waals surface area contributed by atoms with Crippen LogP contribution < -0.4 is 33.7 Å². The summed E-state index contributed by atoms with van der Waals surface area (Å²) in [6.07, 6.45) is 2.12. The smallest absolute Gasteiger partial charge is 0.296 e. The first-order valence-electron chi connectivity index (χ1n) is 19.5. The summed E-state index contributed by atoms with van der Waals surface area (Å²) in [6.45, 7) is 3.52. The van der Waals surface area contributed by atoms with Crippen molar-refractivity contribution >= 4 is 95.6 Å². The normalized spacial score (nSPS) is 14.8. The highest BCUT2D eigenvalue weighted by Crippen LogP contribution is 2.30. The Hall–Kier alpha value is -7.10. The van der Waals surface area contributed by atoms with Gasteiger partial charge in [-0.25, -0.2) is 20.0 Å². The second-order valence-corrected chi connectivity index (χ2v) is 22.5. The molecule has 0 saturated carbocycles. The van der Waals surface area contributed by atoms with Crippen molar-refractivity contribution in [2.45, 2.75) is 43.2 Å². The van der Waals surface area contributed by atoms with E-state index in [0.717, 1.165) is 36.4 Å². The van der Waals surface area contributed by atoms with Gasteiger partial charge in [-0.3, -0.25) is 67.2 Å². The maximum absolute atomic E-state index is 12.7. The molecule has 384 valence electrons. The molecule has 0 fully saturated rings. The van der Waals surface area contributed by atoms with E-state index in [9.17, 15) is 77.8 Å². The molecule has 36 heteroatoms. The number of nitrogens with one attached hydrogen (secondary N) is 6. The van der Waals surface area contributed by atoms with Crippen LogP contribution in [0.4, 0.5) is 22.7 Å². The Labute approximate surface area is 405 Å². The molecule has 2 aromatic heterocycles. The Bertz CT molecular complexity index is 4100. The molecule has 0 bridgehead atoms. The van der Waals surface area contributed by atoms with Crippen molar-refractivity contribution in [3.63, 3.8) is 0 Å². The lowest BCUT2D eigenvalue weighted by atomic mass is 10.1. The molecule has 2 heterocycles. The van der Waals surface area contributed by atoms with E-state index in [1.54, 1.807) is 13.8 Å². The summed E-state index contributed by atoms with van der Waals surface area (Å²) < 4.78 is 205. The van der Waals surface area contributed by atoms with Gasteiger partial charge < -0.3 is 0 Å². The molecular formula is C36H36N12O18S6. The largest absolute Gasteiger partial charge is 0.296 e. The van der Waals surface area contributed by atoms with E-state index in [0.29, 0.717) is 36.4 Å². The first kappa shape index (κ1) is 54.2. The summed E-state index contributed by atoms with van der Waals surface area (Å²) >= 11 is 0. The lowest BCUT2D eigenvalue weighted by Gasteiger charge is -2.07. The molecule has 0 atom stereocenters. The number of H-pyrrole nitrogens is 6. The molecule has 72 heavy (non-hydrogen) atoms. The zero-order valence-electron chi connectivity index (χ0n) is 36.2. The van der Waals surface area contributed by atoms with Gasteiger partial charge in [0.25, 0.3) is 60.7 Å². The van der Waals surface area contributed by atoms with Crippen LogP contribution in [0, 0.1) is 0 Å². The fraction of sp³-hybridized carbons (Fsp3) is 0.111. The van der Waals surface area contributed by atoms with Crippen LogP contribution >= 0.6 is 0 Å². The Kier molecular flexibility index (Phi) is 15.5. The quantitative estimate of drug-likeness (QED) is 0.0507. The van der Waals surface area contributed by atoms with E-state index >= 15 is 0 Å². The van der Waals surface area contributed by atoms with E-state index in [1.165, 1.54) is 12.1 Å². The zero-order chi connectivity index (χ0) is 53.2. The van der Waals surface area contributed by atoms with Crippen molar-refractivity contribution in [2.24, 2.45) is 30.0 Å². The zero-order valence-corrected chi connectivity index (χ0v) is 41.1. The molecule has 0 amide bonds. The molecule has 6 aromatic rings. The molecular weight excluding hydrogens is 1080 g/mol. The molecule has 0 aliphatic rings. The summed E-state index contributed by atoms with van der Waals surface area (Å²) in [4.78, 5) is 35.8. The van der Waals surface area contributed by atoms with Crippen molar-refractivity contribution < 1.29 is 77.8 Å². The molecule has 30 nitrogen and oxygen atoms in total. The third kappa shape index (κ3) is 13.9. The van der Waals surface area contributed by atoms with Gasteiger partial charge in [-0.05, 0) is 85.6 Å². The Morgan fingerprint density at radius 1 is 0.375 bits per heavy atom. The van der Waals surface area contributed by atoms with Gasteiger partial charge in [0.1, 0.15) is 19.6 Å². The Morgan fingerprint density at radius 3 is 0.972 bits per heavy atom. The van der Waals surface area contributed by atoms with E-state index in [4.69, 9.17) is 0 Å². The molecule has 12 N–H and O–H groups in total. The highest BCUT2D eigenvalue weighted by atomic mass is 32.2. The van der Waals surface area contributed by atoms with Crippen LogP contribution in [0.3, 0.4) is 0 Å². The molecule has 0 radical (unpaired) electrons. The van der Waals surface area contributed by atoms with E-state index < -0.39 is 101 Å². The molecule has 0 unspecified atom stereocenters. The van der Waals surface area contributed by atoms with Gasteiger partial charge in [0, 0.05) is 13.1 Å². The topological polar surface area (TPSA) is 495 Å². The van der Waals surface area contributed by atoms with Crippen molar-refractivity contribution in [3.8, 4) is 0 Å². The molecule has 4 aromatic carbocycles. The third-order valence-corrected chi connectivity index (χ3v) is 14.3. The third-order valence-electron chi connectivity index (χ3n) is 9.00. The van der Waals surface area contributed by atoms with Crippen LogP contribution in [0.1, 0.15) is 25.0 Å². The van der Waals surface area contributed by atoms with Crippen molar-refractivity contribution in [1.82, 2.24) is 29.9 Å². The standard InChI is InChI=1S/C36H36N12O18S6/c1-3-37-31-43-33(47-35(45-31)41-25-17-23(67(49,50)51)11-13-27(25)69(55,56)57)39-21-9-7-19(29(15-21)71(61,62)63)5-6-20-8-10-22(16-30(20)72(64,65)66)40-34-44-32(38-4-2)46-36(48-34)42-26-18-24(68(52,53)54)12-14-28(26)70(58,59)60/h5-18H,3-4H2,1-2H3,(H,49,50,51)(H,52,53,54)(H,55,56,57)(H,58,59,60)(H,61,62,63)(H,64,65,66)(H3,37,39,41,43,45,47)(H3,38,40,42,44,46,48). The van der Waals surface area contributed by atoms with Crippen molar-refractivity contribution in [3.05, 3.63) is 118 Å². The van der Waals surface area contributed by atoms with E-state index in [-0.39, 0.29) is 69.3 Å². The minimum atomic E-state index is -5.10. The molecule has 0 spiro atoms. The number of aromatic amines is 6.